The molecule has 1 aromatic carbocycles. The van der Waals surface area contributed by atoms with E-state index >= 15 is 0 Å². The summed E-state index contributed by atoms with van der Waals surface area (Å²) in [5.74, 6) is 0.706. The number of rotatable bonds is 6. The minimum Gasteiger partial charge on any atom is -0.443 e. The summed E-state index contributed by atoms with van der Waals surface area (Å²) in [6.45, 7) is 5.48. The number of nitrogen functional groups attached to an aromatic ring is 1. The molecule has 0 unspecified atom stereocenters. The van der Waals surface area contributed by atoms with Crippen LogP contribution in [0.15, 0.2) is 42.7 Å². The topological polar surface area (TPSA) is 131 Å². The van der Waals surface area contributed by atoms with Gasteiger partial charge in [0.05, 0.1) is 5.69 Å². The summed E-state index contributed by atoms with van der Waals surface area (Å²) < 4.78 is 6.98. The molecule has 2 heterocycles. The molecule has 3 aromatic rings. The number of nitrogens with two attached hydrogens (primary N) is 1. The van der Waals surface area contributed by atoms with Gasteiger partial charge in [-0.25, -0.2) is 19.7 Å². The number of hydrazine groups is 1. The number of benzene rings is 1. The molecule has 4 rings (SSSR count). The van der Waals surface area contributed by atoms with Crippen molar-refractivity contribution in [3.63, 3.8) is 0 Å². The van der Waals surface area contributed by atoms with Gasteiger partial charge < -0.3 is 21.1 Å². The quantitative estimate of drug-likeness (QED) is 0.301. The van der Waals surface area contributed by atoms with Crippen molar-refractivity contribution in [1.29, 1.82) is 0 Å². The van der Waals surface area contributed by atoms with Crippen LogP contribution in [0, 0.1) is 0 Å². The predicted molar refractivity (Wildman–Crippen MR) is 120 cm³/mol. The van der Waals surface area contributed by atoms with Crippen molar-refractivity contribution < 1.29 is 9.53 Å². The molecule has 1 fully saturated rings. The lowest BCUT2D eigenvalue weighted by molar-refractivity contribution is 0.0473. The lowest BCUT2D eigenvalue weighted by Gasteiger charge is -2.38. The zero-order valence-electron chi connectivity index (χ0n) is 17.8. The van der Waals surface area contributed by atoms with E-state index in [2.05, 4.69) is 31.6 Å². The molecular formula is C21H28N8O2. The molecule has 164 valence electrons. The van der Waals surface area contributed by atoms with E-state index in [1.165, 1.54) is 0 Å². The van der Waals surface area contributed by atoms with Gasteiger partial charge in [0.1, 0.15) is 11.4 Å². The molecule has 2 atom stereocenters. The number of nitrogens with zero attached hydrogens (tertiary/aromatic N) is 3. The van der Waals surface area contributed by atoms with Crippen LogP contribution in [0.5, 0.6) is 0 Å². The molecule has 1 aliphatic rings. The van der Waals surface area contributed by atoms with E-state index in [-0.39, 0.29) is 12.1 Å². The van der Waals surface area contributed by atoms with Gasteiger partial charge in [0.2, 0.25) is 0 Å². The standard InChI is InChI=1S/C21H28N8O2/c1-21(2,3)31-20(30)27-26-16-9-8-15(16)25-18-12-17(19-23-10-11-29(19)28-18)24-14-6-4-13(22)5-7-14/h4-7,10-12,15-16,24,26H,8-9,22H2,1-3H3,(H,25,28)(H,27,30)/t15-,16-/m1/s1. The third-order valence-electron chi connectivity index (χ3n) is 4.91. The third-order valence-corrected chi connectivity index (χ3v) is 4.91. The summed E-state index contributed by atoms with van der Waals surface area (Å²) in [7, 11) is 0. The van der Waals surface area contributed by atoms with Gasteiger partial charge in [-0.05, 0) is 57.9 Å². The number of aromatic nitrogens is 3. The van der Waals surface area contributed by atoms with Crippen LogP contribution in [-0.4, -0.2) is 38.4 Å². The van der Waals surface area contributed by atoms with Crippen LogP contribution in [0.25, 0.3) is 5.65 Å². The Hall–Kier alpha value is -3.53. The number of anilines is 4. The van der Waals surface area contributed by atoms with Gasteiger partial charge in [-0.2, -0.15) is 0 Å². The van der Waals surface area contributed by atoms with Crippen LogP contribution in [0.1, 0.15) is 33.6 Å². The van der Waals surface area contributed by atoms with Crippen LogP contribution in [0.3, 0.4) is 0 Å². The molecule has 10 nitrogen and oxygen atoms in total. The molecule has 6 N–H and O–H groups in total. The SMILES string of the molecule is CC(C)(C)OC(=O)NN[C@@H]1CC[C@H]1Nc1cc(Nc2ccc(N)cc2)c2nccn2n1. The van der Waals surface area contributed by atoms with Crippen LogP contribution < -0.4 is 27.2 Å². The number of ether oxygens (including phenoxy) is 1. The average molecular weight is 425 g/mol. The third kappa shape index (κ3) is 5.15. The van der Waals surface area contributed by atoms with Crippen molar-refractivity contribution in [3.8, 4) is 0 Å². The first-order valence-corrected chi connectivity index (χ1v) is 10.2. The Kier molecular flexibility index (Phi) is 5.55. The smallest absolute Gasteiger partial charge is 0.422 e. The molecule has 0 radical (unpaired) electrons. The van der Waals surface area contributed by atoms with Gasteiger partial charge in [-0.1, -0.05) is 0 Å². The van der Waals surface area contributed by atoms with E-state index in [4.69, 9.17) is 10.5 Å². The zero-order valence-corrected chi connectivity index (χ0v) is 17.8. The van der Waals surface area contributed by atoms with Gasteiger partial charge in [0.15, 0.2) is 5.65 Å². The maximum Gasteiger partial charge on any atom is 0.422 e. The Labute approximate surface area is 180 Å². The van der Waals surface area contributed by atoms with Crippen LogP contribution in [0.4, 0.5) is 27.7 Å². The van der Waals surface area contributed by atoms with Gasteiger partial charge in [0.25, 0.3) is 0 Å². The average Bonchev–Trinajstić information content (AvgIpc) is 3.15. The molecule has 10 heteroatoms. The largest absolute Gasteiger partial charge is 0.443 e. The second-order valence-corrected chi connectivity index (χ2v) is 8.59. The summed E-state index contributed by atoms with van der Waals surface area (Å²) in [5, 5.41) is 11.4. The molecule has 0 saturated heterocycles. The molecular weight excluding hydrogens is 396 g/mol. The Morgan fingerprint density at radius 3 is 2.61 bits per heavy atom. The van der Waals surface area contributed by atoms with Crippen molar-refractivity contribution in [2.24, 2.45) is 0 Å². The Balaban J connectivity index is 1.42. The lowest BCUT2D eigenvalue weighted by atomic mass is 9.87. The van der Waals surface area contributed by atoms with Crippen molar-refractivity contribution in [2.75, 3.05) is 16.4 Å². The molecule has 1 amide bonds. The number of hydrogen-bond acceptors (Lipinski definition) is 8. The first-order valence-electron chi connectivity index (χ1n) is 10.2. The predicted octanol–water partition coefficient (Wildman–Crippen LogP) is 3.03. The maximum atomic E-state index is 11.9. The number of imidazole rings is 1. The first kappa shape index (κ1) is 20.7. The van der Waals surface area contributed by atoms with E-state index in [1.807, 2.05) is 51.1 Å². The highest BCUT2D eigenvalue weighted by Gasteiger charge is 2.32. The number of amides is 1. The Bertz CT molecular complexity index is 1060. The molecule has 1 saturated carbocycles. The highest BCUT2D eigenvalue weighted by molar-refractivity contribution is 5.76. The van der Waals surface area contributed by atoms with Crippen molar-refractivity contribution in [1.82, 2.24) is 25.4 Å². The summed E-state index contributed by atoms with van der Waals surface area (Å²) in [6, 6.07) is 9.62. The summed E-state index contributed by atoms with van der Waals surface area (Å²) >= 11 is 0. The van der Waals surface area contributed by atoms with E-state index in [0.29, 0.717) is 11.5 Å². The number of hydrogen-bond donors (Lipinski definition) is 5. The van der Waals surface area contributed by atoms with Gasteiger partial charge in [-0.15, -0.1) is 5.10 Å². The van der Waals surface area contributed by atoms with E-state index in [9.17, 15) is 4.79 Å². The van der Waals surface area contributed by atoms with Crippen LogP contribution in [-0.2, 0) is 4.74 Å². The molecule has 0 bridgehead atoms. The lowest BCUT2D eigenvalue weighted by Crippen LogP contribution is -2.58. The Morgan fingerprint density at radius 1 is 1.19 bits per heavy atom. The van der Waals surface area contributed by atoms with Gasteiger partial charge in [-0.3, -0.25) is 5.43 Å². The number of nitrogens with one attached hydrogen (secondary N) is 4. The highest BCUT2D eigenvalue weighted by Crippen LogP contribution is 2.27. The van der Waals surface area contributed by atoms with Crippen LogP contribution >= 0.6 is 0 Å². The fraction of sp³-hybridized carbons (Fsp3) is 0.381. The molecule has 2 aromatic heterocycles. The molecule has 31 heavy (non-hydrogen) atoms. The van der Waals surface area contributed by atoms with E-state index in [0.717, 1.165) is 29.9 Å². The van der Waals surface area contributed by atoms with Crippen molar-refractivity contribution in [2.45, 2.75) is 51.3 Å². The maximum absolute atomic E-state index is 11.9. The fourth-order valence-corrected chi connectivity index (χ4v) is 3.29. The van der Waals surface area contributed by atoms with E-state index in [1.54, 1.807) is 16.9 Å². The van der Waals surface area contributed by atoms with Crippen molar-refractivity contribution >= 4 is 34.6 Å². The normalized spacial score (nSPS) is 18.3. The van der Waals surface area contributed by atoms with Gasteiger partial charge in [0, 0.05) is 41.9 Å². The molecule has 1 aliphatic carbocycles. The summed E-state index contributed by atoms with van der Waals surface area (Å²) in [4.78, 5) is 16.3. The number of carbonyl (C=O) groups excluding carboxylic acids is 1. The van der Waals surface area contributed by atoms with E-state index < -0.39 is 11.7 Å². The second-order valence-electron chi connectivity index (χ2n) is 8.59. The van der Waals surface area contributed by atoms with Crippen LogP contribution in [0.2, 0.25) is 0 Å². The number of fused-ring (bicyclic) bond motifs is 1. The monoisotopic (exact) mass is 424 g/mol. The molecule has 0 spiro atoms. The van der Waals surface area contributed by atoms with Crippen molar-refractivity contribution in [3.05, 3.63) is 42.7 Å². The Morgan fingerprint density at radius 2 is 1.94 bits per heavy atom. The highest BCUT2D eigenvalue weighted by atomic mass is 16.6. The second kappa shape index (κ2) is 8.31. The summed E-state index contributed by atoms with van der Waals surface area (Å²) in [6.07, 6.45) is 4.90. The number of carbonyl (C=O) groups is 1. The fourth-order valence-electron chi connectivity index (χ4n) is 3.29. The minimum atomic E-state index is -0.541. The van der Waals surface area contributed by atoms with Gasteiger partial charge >= 0.3 is 6.09 Å². The molecule has 0 aliphatic heterocycles. The zero-order chi connectivity index (χ0) is 22.0. The summed E-state index contributed by atoms with van der Waals surface area (Å²) in [5.41, 5.74) is 14.1. The first-order chi connectivity index (χ1) is 14.8. The minimum absolute atomic E-state index is 0.0707.